The molecule has 0 fully saturated rings. The largest absolute Gasteiger partial charge is 0.340 e. The standard InChI is InChI=1S/C13H13BrFN3/c1-8(2)13-17-11(14)7-12(18-13)16-10-5-3-4-9(15)6-10/h3-8H,1-2H3,(H,16,17,18). The van der Waals surface area contributed by atoms with Gasteiger partial charge in [0.1, 0.15) is 22.1 Å². The van der Waals surface area contributed by atoms with E-state index in [0.29, 0.717) is 16.1 Å². The number of benzene rings is 1. The number of rotatable bonds is 3. The molecule has 5 heteroatoms. The molecule has 0 bridgehead atoms. The van der Waals surface area contributed by atoms with E-state index < -0.39 is 0 Å². The molecule has 0 aliphatic carbocycles. The first-order valence-corrected chi connectivity index (χ1v) is 6.41. The third-order valence-electron chi connectivity index (χ3n) is 2.33. The lowest BCUT2D eigenvalue weighted by Crippen LogP contribution is -2.02. The molecule has 1 N–H and O–H groups in total. The van der Waals surface area contributed by atoms with E-state index in [2.05, 4.69) is 31.2 Å². The Morgan fingerprint density at radius 3 is 2.67 bits per heavy atom. The van der Waals surface area contributed by atoms with Crippen LogP contribution in [0, 0.1) is 5.82 Å². The summed E-state index contributed by atoms with van der Waals surface area (Å²) in [7, 11) is 0. The molecule has 1 aromatic carbocycles. The highest BCUT2D eigenvalue weighted by molar-refractivity contribution is 9.10. The summed E-state index contributed by atoms with van der Waals surface area (Å²) in [6.07, 6.45) is 0. The average molecular weight is 310 g/mol. The molecule has 0 aliphatic heterocycles. The van der Waals surface area contributed by atoms with Gasteiger partial charge in [0.2, 0.25) is 0 Å². The lowest BCUT2D eigenvalue weighted by molar-refractivity contribution is 0.628. The predicted molar refractivity (Wildman–Crippen MR) is 73.5 cm³/mol. The van der Waals surface area contributed by atoms with E-state index in [-0.39, 0.29) is 11.7 Å². The number of nitrogens with one attached hydrogen (secondary N) is 1. The molecule has 18 heavy (non-hydrogen) atoms. The molecular formula is C13H13BrFN3. The van der Waals surface area contributed by atoms with Crippen LogP contribution in [0.5, 0.6) is 0 Å². The second kappa shape index (κ2) is 5.44. The number of nitrogens with zero attached hydrogens (tertiary/aromatic N) is 2. The van der Waals surface area contributed by atoms with Gasteiger partial charge in [-0.2, -0.15) is 0 Å². The van der Waals surface area contributed by atoms with Crippen molar-refractivity contribution in [1.29, 1.82) is 0 Å². The van der Waals surface area contributed by atoms with Crippen LogP contribution in [0.2, 0.25) is 0 Å². The van der Waals surface area contributed by atoms with Crippen molar-refractivity contribution in [2.45, 2.75) is 19.8 Å². The number of aromatic nitrogens is 2. The van der Waals surface area contributed by atoms with Crippen LogP contribution in [0.1, 0.15) is 25.6 Å². The summed E-state index contributed by atoms with van der Waals surface area (Å²) in [5.74, 6) is 1.34. The summed E-state index contributed by atoms with van der Waals surface area (Å²) in [6.45, 7) is 4.04. The van der Waals surface area contributed by atoms with E-state index in [0.717, 1.165) is 5.82 Å². The van der Waals surface area contributed by atoms with Gasteiger partial charge in [0.15, 0.2) is 0 Å². The summed E-state index contributed by atoms with van der Waals surface area (Å²) >= 11 is 3.34. The Morgan fingerprint density at radius 1 is 1.22 bits per heavy atom. The van der Waals surface area contributed by atoms with Crippen LogP contribution in [0.25, 0.3) is 0 Å². The minimum absolute atomic E-state index is 0.232. The van der Waals surface area contributed by atoms with Gasteiger partial charge in [-0.05, 0) is 34.1 Å². The molecule has 0 spiro atoms. The van der Waals surface area contributed by atoms with E-state index in [1.165, 1.54) is 12.1 Å². The molecule has 94 valence electrons. The van der Waals surface area contributed by atoms with E-state index in [4.69, 9.17) is 0 Å². The number of hydrogen-bond donors (Lipinski definition) is 1. The first-order valence-electron chi connectivity index (χ1n) is 5.61. The molecule has 1 aromatic heterocycles. The summed E-state index contributed by atoms with van der Waals surface area (Å²) in [6, 6.07) is 8.02. The minimum Gasteiger partial charge on any atom is -0.340 e. The number of hydrogen-bond acceptors (Lipinski definition) is 3. The van der Waals surface area contributed by atoms with Crippen LogP contribution in [-0.4, -0.2) is 9.97 Å². The number of halogens is 2. The molecule has 0 saturated carbocycles. The van der Waals surface area contributed by atoms with Gasteiger partial charge in [-0.3, -0.25) is 0 Å². The quantitative estimate of drug-likeness (QED) is 0.861. The Morgan fingerprint density at radius 2 is 2.00 bits per heavy atom. The van der Waals surface area contributed by atoms with Crippen molar-refractivity contribution in [1.82, 2.24) is 9.97 Å². The maximum Gasteiger partial charge on any atom is 0.135 e. The lowest BCUT2D eigenvalue weighted by Gasteiger charge is -2.09. The molecule has 2 aromatic rings. The third kappa shape index (κ3) is 3.26. The SMILES string of the molecule is CC(C)c1nc(Br)cc(Nc2cccc(F)c2)n1. The molecule has 1 heterocycles. The summed E-state index contributed by atoms with van der Waals surface area (Å²) in [5, 5.41) is 3.06. The molecule has 0 unspecified atom stereocenters. The first kappa shape index (κ1) is 13.0. The average Bonchev–Trinajstić information content (AvgIpc) is 2.28. The maximum absolute atomic E-state index is 13.1. The minimum atomic E-state index is -0.280. The second-order valence-electron chi connectivity index (χ2n) is 4.22. The Kier molecular flexibility index (Phi) is 3.91. The predicted octanol–water partition coefficient (Wildman–Crippen LogP) is 4.25. The van der Waals surface area contributed by atoms with Crippen LogP contribution >= 0.6 is 15.9 Å². The third-order valence-corrected chi connectivity index (χ3v) is 2.73. The molecule has 0 radical (unpaired) electrons. The normalized spacial score (nSPS) is 10.7. The topological polar surface area (TPSA) is 37.8 Å². The van der Waals surface area contributed by atoms with Crippen LogP contribution < -0.4 is 5.32 Å². The highest BCUT2D eigenvalue weighted by atomic mass is 79.9. The van der Waals surface area contributed by atoms with Gasteiger partial charge in [0, 0.05) is 17.7 Å². The van der Waals surface area contributed by atoms with Gasteiger partial charge in [-0.15, -0.1) is 0 Å². The maximum atomic E-state index is 13.1. The van der Waals surface area contributed by atoms with Crippen LogP contribution in [0.15, 0.2) is 34.9 Å². The van der Waals surface area contributed by atoms with Gasteiger partial charge in [0.05, 0.1) is 0 Å². The molecule has 3 nitrogen and oxygen atoms in total. The van der Waals surface area contributed by atoms with Gasteiger partial charge < -0.3 is 5.32 Å². The Bertz CT molecular complexity index is 558. The molecule has 0 saturated heterocycles. The van der Waals surface area contributed by atoms with Gasteiger partial charge >= 0.3 is 0 Å². The van der Waals surface area contributed by atoms with Crippen molar-refractivity contribution in [2.75, 3.05) is 5.32 Å². The van der Waals surface area contributed by atoms with Crippen LogP contribution in [0.4, 0.5) is 15.9 Å². The van der Waals surface area contributed by atoms with Crippen molar-refractivity contribution in [3.05, 3.63) is 46.6 Å². The van der Waals surface area contributed by atoms with E-state index >= 15 is 0 Å². The fourth-order valence-corrected chi connectivity index (χ4v) is 1.87. The van der Waals surface area contributed by atoms with E-state index in [9.17, 15) is 4.39 Å². The van der Waals surface area contributed by atoms with Gasteiger partial charge in [0.25, 0.3) is 0 Å². The lowest BCUT2D eigenvalue weighted by atomic mass is 10.2. The van der Waals surface area contributed by atoms with Gasteiger partial charge in [-0.1, -0.05) is 19.9 Å². The summed E-state index contributed by atoms with van der Waals surface area (Å²) < 4.78 is 13.8. The number of anilines is 2. The molecule has 0 amide bonds. The Hall–Kier alpha value is -1.49. The zero-order chi connectivity index (χ0) is 13.1. The summed E-state index contributed by atoms with van der Waals surface area (Å²) in [5.41, 5.74) is 0.662. The van der Waals surface area contributed by atoms with Crippen molar-refractivity contribution in [2.24, 2.45) is 0 Å². The Balaban J connectivity index is 2.29. The highest BCUT2D eigenvalue weighted by Crippen LogP contribution is 2.21. The van der Waals surface area contributed by atoms with Crippen molar-refractivity contribution in [3.8, 4) is 0 Å². The monoisotopic (exact) mass is 309 g/mol. The van der Waals surface area contributed by atoms with E-state index in [1.54, 1.807) is 18.2 Å². The smallest absolute Gasteiger partial charge is 0.135 e. The van der Waals surface area contributed by atoms with Crippen molar-refractivity contribution < 1.29 is 4.39 Å². The summed E-state index contributed by atoms with van der Waals surface area (Å²) in [4.78, 5) is 8.67. The zero-order valence-electron chi connectivity index (χ0n) is 10.1. The molecule has 0 aliphatic rings. The van der Waals surface area contributed by atoms with Crippen molar-refractivity contribution in [3.63, 3.8) is 0 Å². The Labute approximate surface area is 114 Å². The molecule has 2 rings (SSSR count). The molecular weight excluding hydrogens is 297 g/mol. The van der Waals surface area contributed by atoms with Crippen LogP contribution in [0.3, 0.4) is 0 Å². The zero-order valence-corrected chi connectivity index (χ0v) is 11.7. The first-order chi connectivity index (χ1) is 8.54. The molecule has 0 atom stereocenters. The fourth-order valence-electron chi connectivity index (χ4n) is 1.47. The fraction of sp³-hybridized carbons (Fsp3) is 0.231. The highest BCUT2D eigenvalue weighted by Gasteiger charge is 2.07. The van der Waals surface area contributed by atoms with Crippen molar-refractivity contribution >= 4 is 27.4 Å². The second-order valence-corrected chi connectivity index (χ2v) is 5.04. The van der Waals surface area contributed by atoms with E-state index in [1.807, 2.05) is 13.8 Å². The van der Waals surface area contributed by atoms with Gasteiger partial charge in [-0.25, -0.2) is 14.4 Å². The van der Waals surface area contributed by atoms with Crippen LogP contribution in [-0.2, 0) is 0 Å².